The molecule has 2 N–H and O–H groups in total. The number of rotatable bonds is 13. The van der Waals surface area contributed by atoms with Gasteiger partial charge in [0.25, 0.3) is 5.91 Å². The Balaban J connectivity index is 2.20. The van der Waals surface area contributed by atoms with Gasteiger partial charge >= 0.3 is 0 Å². The molecule has 5 heteroatoms. The fourth-order valence-corrected chi connectivity index (χ4v) is 3.64. The van der Waals surface area contributed by atoms with Crippen LogP contribution < -0.4 is 10.2 Å². The Hall–Kier alpha value is -2.69. The quantitative estimate of drug-likeness (QED) is 0.323. The minimum absolute atomic E-state index is 0.0705. The summed E-state index contributed by atoms with van der Waals surface area (Å²) in [7, 11) is 0. The van der Waals surface area contributed by atoms with E-state index in [1.54, 1.807) is 18.2 Å². The molecule has 0 aliphatic heterocycles. The highest BCUT2D eigenvalue weighted by Gasteiger charge is 2.33. The first-order chi connectivity index (χ1) is 15.6. The number of benzene rings is 2. The zero-order valence-electron chi connectivity index (χ0n) is 21.2. The van der Waals surface area contributed by atoms with Gasteiger partial charge in [0.05, 0.1) is 13.1 Å². The summed E-state index contributed by atoms with van der Waals surface area (Å²) in [6.45, 7) is 14.2. The van der Waals surface area contributed by atoms with Gasteiger partial charge < -0.3 is 15.3 Å². The number of carbonyl (C=O) groups is 1. The molecule has 0 saturated heterocycles. The lowest BCUT2D eigenvalue weighted by atomic mass is 9.71. The molecule has 0 radical (unpaired) electrons. The van der Waals surface area contributed by atoms with Gasteiger partial charge in [-0.1, -0.05) is 78.6 Å². The van der Waals surface area contributed by atoms with E-state index in [1.807, 2.05) is 36.4 Å². The molecule has 33 heavy (non-hydrogen) atoms. The third-order valence-corrected chi connectivity index (χ3v) is 7.06. The van der Waals surface area contributed by atoms with Gasteiger partial charge in [0.15, 0.2) is 5.75 Å². The molecular formula is C28H42N2O3. The lowest BCUT2D eigenvalue weighted by molar-refractivity contribution is -0.159. The number of aromatic hydroxyl groups is 1. The van der Waals surface area contributed by atoms with Crippen LogP contribution >= 0.6 is 0 Å². The fourth-order valence-electron chi connectivity index (χ4n) is 3.64. The minimum atomic E-state index is -0.145. The predicted molar refractivity (Wildman–Crippen MR) is 136 cm³/mol. The van der Waals surface area contributed by atoms with Crippen LogP contribution in [0.1, 0.15) is 67.2 Å². The zero-order chi connectivity index (χ0) is 24.5. The van der Waals surface area contributed by atoms with Crippen molar-refractivity contribution in [3.63, 3.8) is 0 Å². The first-order valence-corrected chi connectivity index (χ1v) is 12.1. The lowest BCUT2D eigenvalue weighted by Gasteiger charge is -2.38. The fraction of sp³-hybridized carbons (Fsp3) is 0.536. The number of carbonyl (C=O) groups excluding carboxylic acids is 1. The maximum absolute atomic E-state index is 13.3. The van der Waals surface area contributed by atoms with E-state index in [4.69, 9.17) is 4.84 Å². The molecule has 2 aromatic rings. The Labute approximate surface area is 200 Å². The maximum Gasteiger partial charge on any atom is 0.274 e. The third-order valence-electron chi connectivity index (χ3n) is 7.06. The number of hydrogen-bond donors (Lipinski definition) is 2. The molecule has 2 rings (SSSR count). The van der Waals surface area contributed by atoms with Gasteiger partial charge in [-0.3, -0.25) is 4.79 Å². The van der Waals surface area contributed by atoms with Crippen molar-refractivity contribution >= 4 is 11.6 Å². The number of amides is 1. The Morgan fingerprint density at radius 3 is 2.33 bits per heavy atom. The summed E-state index contributed by atoms with van der Waals surface area (Å²) in [6.07, 6.45) is 4.29. The molecule has 1 amide bonds. The molecule has 0 fully saturated rings. The van der Waals surface area contributed by atoms with E-state index >= 15 is 0 Å². The molecule has 5 nitrogen and oxygen atoms in total. The molecule has 1 atom stereocenters. The molecule has 1 unspecified atom stereocenters. The van der Waals surface area contributed by atoms with Crippen molar-refractivity contribution in [2.45, 2.75) is 67.2 Å². The van der Waals surface area contributed by atoms with Crippen molar-refractivity contribution in [2.24, 2.45) is 16.7 Å². The van der Waals surface area contributed by atoms with Crippen LogP contribution in [-0.2, 0) is 4.79 Å². The monoisotopic (exact) mass is 454 g/mol. The second-order valence-electron chi connectivity index (χ2n) is 10.4. The molecule has 0 bridgehead atoms. The van der Waals surface area contributed by atoms with Crippen LogP contribution in [-0.4, -0.2) is 29.2 Å². The van der Waals surface area contributed by atoms with Crippen molar-refractivity contribution in [1.82, 2.24) is 5.06 Å². The molecule has 0 heterocycles. The SMILES string of the molecule is CCC(C)(C)CCC(CN(Oc1ccccc1)C(=O)CNc1cccc(O)c1)C(C)(C)CC. The second kappa shape index (κ2) is 12.0. The number of nitrogens with zero attached hydrogens (tertiary/aromatic N) is 1. The zero-order valence-corrected chi connectivity index (χ0v) is 21.2. The van der Waals surface area contributed by atoms with Gasteiger partial charge in [-0.15, -0.1) is 0 Å². The van der Waals surface area contributed by atoms with E-state index in [9.17, 15) is 9.90 Å². The second-order valence-corrected chi connectivity index (χ2v) is 10.4. The van der Waals surface area contributed by atoms with Crippen molar-refractivity contribution in [3.8, 4) is 11.5 Å². The van der Waals surface area contributed by atoms with Gasteiger partial charge in [-0.25, -0.2) is 0 Å². The van der Waals surface area contributed by atoms with Crippen molar-refractivity contribution in [1.29, 1.82) is 0 Å². The average molecular weight is 455 g/mol. The minimum Gasteiger partial charge on any atom is -0.508 e. The normalized spacial score (nSPS) is 12.8. The lowest BCUT2D eigenvalue weighted by Crippen LogP contribution is -2.44. The first kappa shape index (κ1) is 26.6. The Morgan fingerprint density at radius 2 is 1.73 bits per heavy atom. The highest BCUT2D eigenvalue weighted by atomic mass is 16.7. The molecule has 0 aliphatic rings. The summed E-state index contributed by atoms with van der Waals surface area (Å²) in [5.74, 6) is 0.953. The summed E-state index contributed by atoms with van der Waals surface area (Å²) in [5.41, 5.74) is 1.04. The topological polar surface area (TPSA) is 61.8 Å². The number of para-hydroxylation sites is 1. The Morgan fingerprint density at radius 1 is 1.03 bits per heavy atom. The van der Waals surface area contributed by atoms with E-state index in [-0.39, 0.29) is 29.0 Å². The summed E-state index contributed by atoms with van der Waals surface area (Å²) in [4.78, 5) is 19.4. The van der Waals surface area contributed by atoms with Gasteiger partial charge in [-0.2, -0.15) is 5.06 Å². The molecule has 0 aromatic heterocycles. The Bertz CT molecular complexity index is 864. The van der Waals surface area contributed by atoms with Crippen LogP contribution in [0.15, 0.2) is 54.6 Å². The number of anilines is 1. The van der Waals surface area contributed by atoms with E-state index in [1.165, 1.54) is 5.06 Å². The van der Waals surface area contributed by atoms with E-state index in [0.717, 1.165) is 25.7 Å². The number of hydrogen-bond acceptors (Lipinski definition) is 4. The third kappa shape index (κ3) is 8.64. The number of phenolic OH excluding ortho intramolecular Hbond substituents is 1. The van der Waals surface area contributed by atoms with Gasteiger partial charge in [-0.05, 0) is 53.9 Å². The van der Waals surface area contributed by atoms with Crippen molar-refractivity contribution in [3.05, 3.63) is 54.6 Å². The van der Waals surface area contributed by atoms with Crippen LogP contribution in [0.2, 0.25) is 0 Å². The Kier molecular flexibility index (Phi) is 9.63. The summed E-state index contributed by atoms with van der Waals surface area (Å²) in [5, 5.41) is 14.3. The summed E-state index contributed by atoms with van der Waals surface area (Å²) < 4.78 is 0. The van der Waals surface area contributed by atoms with E-state index in [2.05, 4.69) is 46.9 Å². The smallest absolute Gasteiger partial charge is 0.274 e. The van der Waals surface area contributed by atoms with Crippen LogP contribution in [0.4, 0.5) is 5.69 Å². The molecule has 0 spiro atoms. The van der Waals surface area contributed by atoms with Crippen molar-refractivity contribution < 1.29 is 14.7 Å². The molecule has 182 valence electrons. The van der Waals surface area contributed by atoms with E-state index < -0.39 is 0 Å². The van der Waals surface area contributed by atoms with Gasteiger partial charge in [0, 0.05) is 11.8 Å². The molecule has 0 saturated carbocycles. The van der Waals surface area contributed by atoms with Gasteiger partial charge in [0.1, 0.15) is 5.75 Å². The first-order valence-electron chi connectivity index (χ1n) is 12.1. The van der Waals surface area contributed by atoms with Crippen LogP contribution in [0.3, 0.4) is 0 Å². The van der Waals surface area contributed by atoms with E-state index in [0.29, 0.717) is 23.9 Å². The largest absolute Gasteiger partial charge is 0.508 e. The highest BCUT2D eigenvalue weighted by Crippen LogP contribution is 2.38. The van der Waals surface area contributed by atoms with Gasteiger partial charge in [0.2, 0.25) is 0 Å². The van der Waals surface area contributed by atoms with Crippen LogP contribution in [0, 0.1) is 16.7 Å². The molecule has 2 aromatic carbocycles. The summed E-state index contributed by atoms with van der Waals surface area (Å²) >= 11 is 0. The number of nitrogens with one attached hydrogen (secondary N) is 1. The average Bonchev–Trinajstić information content (AvgIpc) is 2.80. The predicted octanol–water partition coefficient (Wildman–Crippen LogP) is 6.90. The standard InChI is InChI=1S/C28H42N2O3/c1-7-27(3,4)18-17-22(28(5,6)8-2)21-30(33-25-15-10-9-11-16-25)26(32)20-29-23-13-12-14-24(31)19-23/h9-16,19,22,29,31H,7-8,17-18,20-21H2,1-6H3. The number of phenols is 1. The highest BCUT2D eigenvalue weighted by molar-refractivity contribution is 5.80. The van der Waals surface area contributed by atoms with Crippen LogP contribution in [0.5, 0.6) is 11.5 Å². The van der Waals surface area contributed by atoms with Crippen LogP contribution in [0.25, 0.3) is 0 Å². The summed E-state index contributed by atoms with van der Waals surface area (Å²) in [6, 6.07) is 16.2. The van der Waals surface area contributed by atoms with Crippen molar-refractivity contribution in [2.75, 3.05) is 18.4 Å². The maximum atomic E-state index is 13.3. The molecular weight excluding hydrogens is 412 g/mol. The molecule has 0 aliphatic carbocycles. The number of hydroxylamine groups is 2.